The van der Waals surface area contributed by atoms with Gasteiger partial charge in [0.05, 0.1) is 4.88 Å². The highest BCUT2D eigenvalue weighted by Crippen LogP contribution is 2.16. The standard InChI is InChI=1S/C12H18N2O2S/c1-3-10-5-6-11(17-10)12(16)14-8-4-7-13-9(2)15/h5-6H,3-4,7-8H2,1-2H3,(H,13,15)(H,14,16). The van der Waals surface area contributed by atoms with Gasteiger partial charge < -0.3 is 10.6 Å². The molecular formula is C12H18N2O2S. The van der Waals surface area contributed by atoms with Crippen molar-refractivity contribution in [3.05, 3.63) is 21.9 Å². The summed E-state index contributed by atoms with van der Waals surface area (Å²) in [6.07, 6.45) is 1.71. The monoisotopic (exact) mass is 254 g/mol. The normalized spacial score (nSPS) is 10.0. The molecule has 0 aromatic carbocycles. The average molecular weight is 254 g/mol. The van der Waals surface area contributed by atoms with Crippen LogP contribution < -0.4 is 10.6 Å². The number of thiophene rings is 1. The number of rotatable bonds is 6. The summed E-state index contributed by atoms with van der Waals surface area (Å²) < 4.78 is 0. The second kappa shape index (κ2) is 7.06. The molecule has 2 N–H and O–H groups in total. The Morgan fingerprint density at radius 2 is 1.94 bits per heavy atom. The number of nitrogens with one attached hydrogen (secondary N) is 2. The fourth-order valence-electron chi connectivity index (χ4n) is 1.33. The van der Waals surface area contributed by atoms with Crippen LogP contribution in [0.25, 0.3) is 0 Å². The molecule has 0 atom stereocenters. The summed E-state index contributed by atoms with van der Waals surface area (Å²) in [5.41, 5.74) is 0. The van der Waals surface area contributed by atoms with Crippen LogP contribution in [-0.4, -0.2) is 24.9 Å². The van der Waals surface area contributed by atoms with Crippen LogP contribution >= 0.6 is 11.3 Å². The Morgan fingerprint density at radius 3 is 2.53 bits per heavy atom. The van der Waals surface area contributed by atoms with Crippen molar-refractivity contribution in [2.24, 2.45) is 0 Å². The molecule has 1 heterocycles. The van der Waals surface area contributed by atoms with Gasteiger partial charge in [-0.1, -0.05) is 6.92 Å². The van der Waals surface area contributed by atoms with E-state index in [0.29, 0.717) is 13.1 Å². The molecule has 0 spiro atoms. The van der Waals surface area contributed by atoms with E-state index >= 15 is 0 Å². The molecule has 0 aliphatic rings. The predicted octanol–water partition coefficient (Wildman–Crippen LogP) is 1.57. The van der Waals surface area contributed by atoms with Crippen molar-refractivity contribution in [2.45, 2.75) is 26.7 Å². The van der Waals surface area contributed by atoms with Gasteiger partial charge in [0.2, 0.25) is 5.91 Å². The van der Waals surface area contributed by atoms with Crippen LogP contribution in [-0.2, 0) is 11.2 Å². The quantitative estimate of drug-likeness (QED) is 0.757. The zero-order valence-corrected chi connectivity index (χ0v) is 11.0. The first kappa shape index (κ1) is 13.7. The van der Waals surface area contributed by atoms with E-state index in [9.17, 15) is 9.59 Å². The van der Waals surface area contributed by atoms with E-state index in [1.165, 1.54) is 23.1 Å². The molecule has 1 rings (SSSR count). The van der Waals surface area contributed by atoms with Gasteiger partial charge in [0.1, 0.15) is 0 Å². The van der Waals surface area contributed by atoms with E-state index in [-0.39, 0.29) is 11.8 Å². The molecule has 17 heavy (non-hydrogen) atoms. The van der Waals surface area contributed by atoms with E-state index in [0.717, 1.165) is 17.7 Å². The fraction of sp³-hybridized carbons (Fsp3) is 0.500. The highest BCUT2D eigenvalue weighted by molar-refractivity contribution is 7.14. The lowest BCUT2D eigenvalue weighted by Gasteiger charge is -2.03. The van der Waals surface area contributed by atoms with E-state index in [2.05, 4.69) is 17.6 Å². The first-order valence-electron chi connectivity index (χ1n) is 5.74. The van der Waals surface area contributed by atoms with Crippen molar-refractivity contribution in [3.8, 4) is 0 Å². The average Bonchev–Trinajstić information content (AvgIpc) is 2.76. The third-order valence-corrected chi connectivity index (χ3v) is 3.48. The van der Waals surface area contributed by atoms with Crippen LogP contribution in [0, 0.1) is 0 Å². The zero-order chi connectivity index (χ0) is 12.7. The number of carbonyl (C=O) groups excluding carboxylic acids is 2. The highest BCUT2D eigenvalue weighted by Gasteiger charge is 2.07. The van der Waals surface area contributed by atoms with Crippen molar-refractivity contribution in [1.29, 1.82) is 0 Å². The summed E-state index contributed by atoms with van der Waals surface area (Å²) in [5.74, 6) is -0.0697. The van der Waals surface area contributed by atoms with Gasteiger partial charge in [-0.2, -0.15) is 0 Å². The van der Waals surface area contributed by atoms with Crippen LogP contribution in [0.1, 0.15) is 34.8 Å². The number of aryl methyl sites for hydroxylation is 1. The molecule has 1 aromatic rings. The van der Waals surface area contributed by atoms with Gasteiger partial charge in [-0.05, 0) is 25.0 Å². The van der Waals surface area contributed by atoms with Crippen LogP contribution in [0.2, 0.25) is 0 Å². The van der Waals surface area contributed by atoms with Crippen LogP contribution in [0.4, 0.5) is 0 Å². The third-order valence-electron chi connectivity index (χ3n) is 2.25. The molecule has 0 radical (unpaired) electrons. The summed E-state index contributed by atoms with van der Waals surface area (Å²) in [4.78, 5) is 24.3. The maximum Gasteiger partial charge on any atom is 0.261 e. The lowest BCUT2D eigenvalue weighted by atomic mass is 10.3. The minimum absolute atomic E-state index is 0.0301. The topological polar surface area (TPSA) is 58.2 Å². The second-order valence-electron chi connectivity index (χ2n) is 3.71. The van der Waals surface area contributed by atoms with Gasteiger partial charge in [0, 0.05) is 24.9 Å². The van der Waals surface area contributed by atoms with Gasteiger partial charge >= 0.3 is 0 Å². The minimum Gasteiger partial charge on any atom is -0.356 e. The summed E-state index contributed by atoms with van der Waals surface area (Å²) >= 11 is 1.53. The maximum atomic E-state index is 11.7. The summed E-state index contributed by atoms with van der Waals surface area (Å²) in [6.45, 7) is 4.73. The summed E-state index contributed by atoms with van der Waals surface area (Å²) in [6, 6.07) is 3.84. The van der Waals surface area contributed by atoms with Gasteiger partial charge in [-0.25, -0.2) is 0 Å². The van der Waals surface area contributed by atoms with Gasteiger partial charge in [-0.15, -0.1) is 11.3 Å². The highest BCUT2D eigenvalue weighted by atomic mass is 32.1. The summed E-state index contributed by atoms with van der Waals surface area (Å²) in [5, 5.41) is 5.51. The summed E-state index contributed by atoms with van der Waals surface area (Å²) in [7, 11) is 0. The van der Waals surface area contributed by atoms with E-state index in [1.54, 1.807) is 0 Å². The molecule has 0 aliphatic carbocycles. The molecule has 0 fully saturated rings. The predicted molar refractivity (Wildman–Crippen MR) is 69.3 cm³/mol. The Morgan fingerprint density at radius 1 is 1.24 bits per heavy atom. The minimum atomic E-state index is -0.0397. The molecule has 0 bridgehead atoms. The number of hydrogen-bond acceptors (Lipinski definition) is 3. The number of carbonyl (C=O) groups is 2. The SMILES string of the molecule is CCc1ccc(C(=O)NCCCNC(C)=O)s1. The van der Waals surface area contributed by atoms with Crippen molar-refractivity contribution >= 4 is 23.2 Å². The van der Waals surface area contributed by atoms with E-state index < -0.39 is 0 Å². The lowest BCUT2D eigenvalue weighted by Crippen LogP contribution is -2.28. The van der Waals surface area contributed by atoms with Gasteiger partial charge in [-0.3, -0.25) is 9.59 Å². The molecule has 5 heteroatoms. The number of amides is 2. The Kier molecular flexibility index (Phi) is 5.69. The molecule has 0 aliphatic heterocycles. The molecule has 0 saturated heterocycles. The molecule has 1 aromatic heterocycles. The van der Waals surface area contributed by atoms with E-state index in [4.69, 9.17) is 0 Å². The smallest absolute Gasteiger partial charge is 0.261 e. The van der Waals surface area contributed by atoms with E-state index in [1.807, 2.05) is 12.1 Å². The zero-order valence-electron chi connectivity index (χ0n) is 10.2. The molecule has 4 nitrogen and oxygen atoms in total. The largest absolute Gasteiger partial charge is 0.356 e. The van der Waals surface area contributed by atoms with Gasteiger partial charge in [0.15, 0.2) is 0 Å². The third kappa shape index (κ3) is 4.99. The molecular weight excluding hydrogens is 236 g/mol. The van der Waals surface area contributed by atoms with Crippen molar-refractivity contribution in [2.75, 3.05) is 13.1 Å². The lowest BCUT2D eigenvalue weighted by molar-refractivity contribution is -0.118. The first-order chi connectivity index (χ1) is 8.13. The van der Waals surface area contributed by atoms with Crippen LogP contribution in [0.5, 0.6) is 0 Å². The Bertz CT molecular complexity index is 388. The van der Waals surface area contributed by atoms with Crippen LogP contribution in [0.3, 0.4) is 0 Å². The first-order valence-corrected chi connectivity index (χ1v) is 6.56. The Labute approximate surface area is 105 Å². The van der Waals surface area contributed by atoms with Crippen molar-refractivity contribution < 1.29 is 9.59 Å². The molecule has 0 saturated carbocycles. The second-order valence-corrected chi connectivity index (χ2v) is 4.88. The van der Waals surface area contributed by atoms with Gasteiger partial charge in [0.25, 0.3) is 5.91 Å². The van der Waals surface area contributed by atoms with Crippen LogP contribution in [0.15, 0.2) is 12.1 Å². The van der Waals surface area contributed by atoms with Crippen molar-refractivity contribution in [3.63, 3.8) is 0 Å². The Hall–Kier alpha value is -1.36. The fourth-order valence-corrected chi connectivity index (χ4v) is 2.20. The molecule has 0 unspecified atom stereocenters. The Balaban J connectivity index is 2.23. The number of hydrogen-bond donors (Lipinski definition) is 2. The molecule has 94 valence electrons. The van der Waals surface area contributed by atoms with Crippen molar-refractivity contribution in [1.82, 2.24) is 10.6 Å². The maximum absolute atomic E-state index is 11.7. The molecule has 2 amide bonds.